The molecule has 2 N–H and O–H groups in total. The maximum absolute atomic E-state index is 12.1. The van der Waals surface area contributed by atoms with Crippen LogP contribution in [-0.4, -0.2) is 36.6 Å². The van der Waals surface area contributed by atoms with Crippen LogP contribution < -0.4 is 10.2 Å². The highest BCUT2D eigenvalue weighted by molar-refractivity contribution is 6.03. The summed E-state index contributed by atoms with van der Waals surface area (Å²) < 4.78 is 0. The van der Waals surface area contributed by atoms with Crippen LogP contribution >= 0.6 is 0 Å². The van der Waals surface area contributed by atoms with Crippen molar-refractivity contribution in [3.05, 3.63) is 35.9 Å². The first-order valence-electron chi connectivity index (χ1n) is 7.09. The molecule has 108 valence electrons. The lowest BCUT2D eigenvalue weighted by Gasteiger charge is -2.19. The SMILES string of the molecule is CCC[C@H]1NC(=O)N(C[NH+](C)Cc2ccccc2)C1=O. The Kier molecular flexibility index (Phi) is 4.74. The minimum Gasteiger partial charge on any atom is -0.326 e. The van der Waals surface area contributed by atoms with Crippen molar-refractivity contribution in [2.75, 3.05) is 13.7 Å². The van der Waals surface area contributed by atoms with Gasteiger partial charge in [0.1, 0.15) is 12.6 Å². The number of carbonyl (C=O) groups excluding carboxylic acids is 2. The summed E-state index contributed by atoms with van der Waals surface area (Å²) in [4.78, 5) is 26.4. The van der Waals surface area contributed by atoms with Crippen LogP contribution in [0.1, 0.15) is 25.3 Å². The molecule has 3 amide bonds. The Morgan fingerprint density at radius 2 is 1.95 bits per heavy atom. The Bertz CT molecular complexity index is 475. The summed E-state index contributed by atoms with van der Waals surface area (Å²) >= 11 is 0. The first-order valence-corrected chi connectivity index (χ1v) is 7.09. The largest absolute Gasteiger partial charge is 0.329 e. The number of nitrogens with zero attached hydrogens (tertiary/aromatic N) is 1. The first-order chi connectivity index (χ1) is 9.61. The topological polar surface area (TPSA) is 53.9 Å². The molecule has 2 rings (SSSR count). The highest BCUT2D eigenvalue weighted by Gasteiger charge is 2.38. The average molecular weight is 276 g/mol. The molecular formula is C15H22N3O2+. The van der Waals surface area contributed by atoms with E-state index in [1.54, 1.807) is 0 Å². The minimum absolute atomic E-state index is 0.0933. The van der Waals surface area contributed by atoms with Gasteiger partial charge in [0.2, 0.25) is 0 Å². The lowest BCUT2D eigenvalue weighted by Crippen LogP contribution is -3.09. The van der Waals surface area contributed by atoms with Gasteiger partial charge in [0.25, 0.3) is 5.91 Å². The molecule has 1 aromatic carbocycles. The molecule has 1 saturated heterocycles. The van der Waals surface area contributed by atoms with E-state index < -0.39 is 0 Å². The lowest BCUT2D eigenvalue weighted by atomic mass is 10.2. The van der Waals surface area contributed by atoms with Crippen molar-refractivity contribution < 1.29 is 14.5 Å². The molecule has 1 heterocycles. The van der Waals surface area contributed by atoms with Gasteiger partial charge in [0.05, 0.1) is 7.05 Å². The molecule has 0 aromatic heterocycles. The molecule has 5 nitrogen and oxygen atoms in total. The maximum Gasteiger partial charge on any atom is 0.329 e. The molecule has 0 bridgehead atoms. The molecular weight excluding hydrogens is 254 g/mol. The third kappa shape index (κ3) is 3.36. The van der Waals surface area contributed by atoms with E-state index in [9.17, 15) is 9.59 Å². The normalized spacial score (nSPS) is 20.1. The maximum atomic E-state index is 12.1. The summed E-state index contributed by atoms with van der Waals surface area (Å²) in [6.07, 6.45) is 1.59. The van der Waals surface area contributed by atoms with E-state index in [-0.39, 0.29) is 18.0 Å². The van der Waals surface area contributed by atoms with Gasteiger partial charge in [0.15, 0.2) is 6.67 Å². The van der Waals surface area contributed by atoms with Crippen LogP contribution in [0, 0.1) is 0 Å². The molecule has 1 aliphatic heterocycles. The predicted octanol–water partition coefficient (Wildman–Crippen LogP) is 0.379. The Balaban J connectivity index is 1.92. The van der Waals surface area contributed by atoms with Gasteiger partial charge >= 0.3 is 6.03 Å². The lowest BCUT2D eigenvalue weighted by molar-refractivity contribution is -0.901. The minimum atomic E-state index is -0.336. The summed E-state index contributed by atoms with van der Waals surface area (Å²) in [5.41, 5.74) is 1.20. The van der Waals surface area contributed by atoms with Crippen LogP contribution in [0.25, 0.3) is 0 Å². The van der Waals surface area contributed by atoms with E-state index in [4.69, 9.17) is 0 Å². The van der Waals surface area contributed by atoms with Crippen molar-refractivity contribution in [3.8, 4) is 0 Å². The summed E-state index contributed by atoms with van der Waals surface area (Å²) in [5.74, 6) is -0.0933. The zero-order valence-corrected chi connectivity index (χ0v) is 12.1. The van der Waals surface area contributed by atoms with E-state index in [1.165, 1.54) is 10.5 Å². The molecule has 20 heavy (non-hydrogen) atoms. The highest BCUT2D eigenvalue weighted by Crippen LogP contribution is 2.09. The monoisotopic (exact) mass is 276 g/mol. The fraction of sp³-hybridized carbons (Fsp3) is 0.467. The quantitative estimate of drug-likeness (QED) is 0.738. The number of amides is 3. The van der Waals surface area contributed by atoms with Crippen LogP contribution in [-0.2, 0) is 11.3 Å². The van der Waals surface area contributed by atoms with Crippen molar-refractivity contribution in [2.24, 2.45) is 0 Å². The zero-order chi connectivity index (χ0) is 14.5. The van der Waals surface area contributed by atoms with Crippen molar-refractivity contribution >= 4 is 11.9 Å². The molecule has 1 unspecified atom stereocenters. The van der Waals surface area contributed by atoms with Crippen LogP contribution in [0.15, 0.2) is 30.3 Å². The summed E-state index contributed by atoms with van der Waals surface area (Å²) in [6, 6.07) is 9.47. The van der Waals surface area contributed by atoms with Crippen LogP contribution in [0.2, 0.25) is 0 Å². The van der Waals surface area contributed by atoms with Gasteiger partial charge in [-0.15, -0.1) is 0 Å². The third-order valence-electron chi connectivity index (χ3n) is 3.46. The van der Waals surface area contributed by atoms with Crippen molar-refractivity contribution in [2.45, 2.75) is 32.4 Å². The van der Waals surface area contributed by atoms with E-state index in [0.717, 1.165) is 17.9 Å². The second-order valence-corrected chi connectivity index (χ2v) is 5.33. The number of rotatable bonds is 6. The molecule has 1 fully saturated rings. The van der Waals surface area contributed by atoms with Crippen LogP contribution in [0.4, 0.5) is 4.79 Å². The number of imide groups is 1. The number of nitrogens with one attached hydrogen (secondary N) is 2. The Labute approximate surface area is 119 Å². The second-order valence-electron chi connectivity index (χ2n) is 5.33. The smallest absolute Gasteiger partial charge is 0.326 e. The number of urea groups is 1. The molecule has 0 radical (unpaired) electrons. The molecule has 0 spiro atoms. The van der Waals surface area contributed by atoms with E-state index in [1.807, 2.05) is 32.2 Å². The number of quaternary nitrogens is 1. The Hall–Kier alpha value is -1.88. The molecule has 0 aliphatic carbocycles. The number of carbonyl (C=O) groups is 2. The van der Waals surface area contributed by atoms with Crippen molar-refractivity contribution in [3.63, 3.8) is 0 Å². The van der Waals surface area contributed by atoms with E-state index in [2.05, 4.69) is 17.4 Å². The van der Waals surface area contributed by atoms with Gasteiger partial charge in [0, 0.05) is 5.56 Å². The van der Waals surface area contributed by atoms with Crippen LogP contribution in [0.3, 0.4) is 0 Å². The molecule has 1 aliphatic rings. The van der Waals surface area contributed by atoms with Gasteiger partial charge < -0.3 is 10.2 Å². The van der Waals surface area contributed by atoms with Crippen molar-refractivity contribution in [1.29, 1.82) is 0 Å². The summed E-state index contributed by atoms with van der Waals surface area (Å²) in [5, 5.41) is 2.75. The number of hydrogen-bond acceptors (Lipinski definition) is 2. The zero-order valence-electron chi connectivity index (χ0n) is 12.1. The van der Waals surface area contributed by atoms with Gasteiger partial charge in [-0.05, 0) is 6.42 Å². The standard InChI is InChI=1S/C15H21N3O2/c1-3-7-13-14(19)18(15(20)16-13)11-17(2)10-12-8-5-4-6-9-12/h4-6,8-9,13H,3,7,10-11H2,1-2H3,(H,16,20)/p+1/t13-/m1/s1. The number of benzene rings is 1. The second kappa shape index (κ2) is 6.52. The van der Waals surface area contributed by atoms with Gasteiger partial charge in [-0.1, -0.05) is 43.7 Å². The van der Waals surface area contributed by atoms with Crippen LogP contribution in [0.5, 0.6) is 0 Å². The Morgan fingerprint density at radius 1 is 1.25 bits per heavy atom. The fourth-order valence-electron chi connectivity index (χ4n) is 2.48. The molecule has 5 heteroatoms. The Morgan fingerprint density at radius 3 is 2.60 bits per heavy atom. The van der Waals surface area contributed by atoms with Gasteiger partial charge in [-0.3, -0.25) is 4.79 Å². The molecule has 2 atom stereocenters. The van der Waals surface area contributed by atoms with Crippen molar-refractivity contribution in [1.82, 2.24) is 10.2 Å². The van der Waals surface area contributed by atoms with E-state index >= 15 is 0 Å². The average Bonchev–Trinajstić information content (AvgIpc) is 2.68. The van der Waals surface area contributed by atoms with Gasteiger partial charge in [-0.2, -0.15) is 0 Å². The predicted molar refractivity (Wildman–Crippen MR) is 76.0 cm³/mol. The van der Waals surface area contributed by atoms with E-state index in [0.29, 0.717) is 13.1 Å². The van der Waals surface area contributed by atoms with Gasteiger partial charge in [-0.25, -0.2) is 9.69 Å². The first kappa shape index (κ1) is 14.5. The molecule has 0 saturated carbocycles. The molecule has 1 aromatic rings. The third-order valence-corrected chi connectivity index (χ3v) is 3.46. The highest BCUT2D eigenvalue weighted by atomic mass is 16.2. The summed E-state index contributed by atoms with van der Waals surface area (Å²) in [7, 11) is 1.99. The summed E-state index contributed by atoms with van der Waals surface area (Å²) in [6.45, 7) is 3.20. The fourth-order valence-corrected chi connectivity index (χ4v) is 2.48. The number of hydrogen-bond donors (Lipinski definition) is 2.